The molecule has 0 heterocycles. The van der Waals surface area contributed by atoms with Crippen molar-refractivity contribution in [2.75, 3.05) is 6.61 Å². The zero-order valence-electron chi connectivity index (χ0n) is 10.1. The molecule has 0 bridgehead atoms. The van der Waals surface area contributed by atoms with Gasteiger partial charge in [0.2, 0.25) is 0 Å². The minimum absolute atomic E-state index is 0.191. The molecule has 0 saturated carbocycles. The van der Waals surface area contributed by atoms with Gasteiger partial charge in [0.05, 0.1) is 0 Å². The molecule has 0 aliphatic rings. The van der Waals surface area contributed by atoms with Crippen LogP contribution in [-0.4, -0.2) is 11.7 Å². The van der Waals surface area contributed by atoms with Crippen LogP contribution in [0.3, 0.4) is 0 Å². The molecule has 0 aliphatic carbocycles. The maximum Gasteiger partial charge on any atom is 0.0468 e. The van der Waals surface area contributed by atoms with Crippen molar-refractivity contribution >= 4 is 0 Å². The smallest absolute Gasteiger partial charge is 0.0468 e. The molecular weight excluding hydrogens is 184 g/mol. The molecule has 15 heavy (non-hydrogen) atoms. The van der Waals surface area contributed by atoms with Crippen molar-refractivity contribution in [2.45, 2.75) is 34.1 Å². The Kier molecular flexibility index (Phi) is 7.40. The van der Waals surface area contributed by atoms with E-state index >= 15 is 0 Å². The van der Waals surface area contributed by atoms with Crippen LogP contribution in [0, 0.1) is 11.8 Å². The van der Waals surface area contributed by atoms with Gasteiger partial charge in [-0.3, -0.25) is 0 Å². The Balaban J connectivity index is 4.35. The van der Waals surface area contributed by atoms with E-state index in [9.17, 15) is 0 Å². The van der Waals surface area contributed by atoms with E-state index in [1.165, 1.54) is 5.57 Å². The van der Waals surface area contributed by atoms with Gasteiger partial charge in [0.15, 0.2) is 0 Å². The SMILES string of the molecule is CC(C)=C/C=C(\C)C#C/C=C(/C)CCO. The molecule has 1 heteroatoms. The maximum atomic E-state index is 8.68. The summed E-state index contributed by atoms with van der Waals surface area (Å²) in [7, 11) is 0. The van der Waals surface area contributed by atoms with E-state index in [1.807, 2.05) is 32.1 Å². The zero-order valence-corrected chi connectivity index (χ0v) is 10.1. The minimum atomic E-state index is 0.191. The lowest BCUT2D eigenvalue weighted by Gasteiger charge is -1.91. The van der Waals surface area contributed by atoms with Gasteiger partial charge < -0.3 is 5.11 Å². The maximum absolute atomic E-state index is 8.68. The molecule has 0 fully saturated rings. The molecule has 1 N–H and O–H groups in total. The predicted octanol–water partition coefficient (Wildman–Crippen LogP) is 3.23. The van der Waals surface area contributed by atoms with Crippen LogP contribution in [0.15, 0.2) is 34.9 Å². The van der Waals surface area contributed by atoms with Crippen LogP contribution in [0.4, 0.5) is 0 Å². The molecule has 0 atom stereocenters. The summed E-state index contributed by atoms with van der Waals surface area (Å²) < 4.78 is 0. The van der Waals surface area contributed by atoms with Gasteiger partial charge in [-0.2, -0.15) is 0 Å². The molecule has 0 saturated heterocycles. The van der Waals surface area contributed by atoms with Crippen LogP contribution in [0.1, 0.15) is 34.1 Å². The molecule has 1 nitrogen and oxygen atoms in total. The van der Waals surface area contributed by atoms with Crippen molar-refractivity contribution in [1.29, 1.82) is 0 Å². The highest BCUT2D eigenvalue weighted by Gasteiger charge is 1.84. The fraction of sp³-hybridized carbons (Fsp3) is 0.429. The van der Waals surface area contributed by atoms with Gasteiger partial charge in [-0.25, -0.2) is 0 Å². The third-order valence-electron chi connectivity index (χ3n) is 1.76. The van der Waals surface area contributed by atoms with E-state index in [-0.39, 0.29) is 6.61 Å². The summed E-state index contributed by atoms with van der Waals surface area (Å²) in [4.78, 5) is 0. The van der Waals surface area contributed by atoms with Crippen LogP contribution in [-0.2, 0) is 0 Å². The van der Waals surface area contributed by atoms with Crippen LogP contribution in [0.2, 0.25) is 0 Å². The van der Waals surface area contributed by atoms with Crippen molar-refractivity contribution in [3.05, 3.63) is 34.9 Å². The molecule has 0 aliphatic heterocycles. The topological polar surface area (TPSA) is 20.2 Å². The van der Waals surface area contributed by atoms with Crippen LogP contribution in [0.5, 0.6) is 0 Å². The molecule has 0 unspecified atom stereocenters. The summed E-state index contributed by atoms with van der Waals surface area (Å²) in [5, 5.41) is 8.68. The normalized spacial score (nSPS) is 11.8. The van der Waals surface area contributed by atoms with Crippen LogP contribution in [0.25, 0.3) is 0 Å². The van der Waals surface area contributed by atoms with E-state index in [4.69, 9.17) is 5.11 Å². The summed E-state index contributed by atoms with van der Waals surface area (Å²) in [6, 6.07) is 0. The average molecular weight is 204 g/mol. The molecule has 0 radical (unpaired) electrons. The Morgan fingerprint density at radius 3 is 2.33 bits per heavy atom. The number of aliphatic hydroxyl groups is 1. The number of hydrogen-bond acceptors (Lipinski definition) is 1. The van der Waals surface area contributed by atoms with Gasteiger partial charge in [-0.15, -0.1) is 0 Å². The van der Waals surface area contributed by atoms with Crippen molar-refractivity contribution in [2.24, 2.45) is 0 Å². The highest BCUT2D eigenvalue weighted by Crippen LogP contribution is 1.98. The molecule has 0 amide bonds. The molecule has 82 valence electrons. The highest BCUT2D eigenvalue weighted by atomic mass is 16.2. The first-order valence-corrected chi connectivity index (χ1v) is 5.16. The summed E-state index contributed by atoms with van der Waals surface area (Å²) in [5.74, 6) is 6.01. The fourth-order valence-corrected chi connectivity index (χ4v) is 0.855. The lowest BCUT2D eigenvalue weighted by molar-refractivity contribution is 0.299. The monoisotopic (exact) mass is 204 g/mol. The van der Waals surface area contributed by atoms with Gasteiger partial charge in [0, 0.05) is 6.61 Å². The Morgan fingerprint density at radius 1 is 1.13 bits per heavy atom. The Hall–Kier alpha value is -1.26. The van der Waals surface area contributed by atoms with E-state index < -0.39 is 0 Å². The summed E-state index contributed by atoms with van der Waals surface area (Å²) in [5.41, 5.74) is 3.42. The van der Waals surface area contributed by atoms with Gasteiger partial charge in [0.25, 0.3) is 0 Å². The highest BCUT2D eigenvalue weighted by molar-refractivity contribution is 5.34. The largest absolute Gasteiger partial charge is 0.396 e. The minimum Gasteiger partial charge on any atom is -0.396 e. The molecule has 0 aromatic heterocycles. The first kappa shape index (κ1) is 13.7. The Bertz CT molecular complexity index is 328. The molecule has 0 spiro atoms. The van der Waals surface area contributed by atoms with E-state index in [2.05, 4.69) is 25.7 Å². The van der Waals surface area contributed by atoms with Crippen LogP contribution < -0.4 is 0 Å². The fourth-order valence-electron chi connectivity index (χ4n) is 0.855. The number of hydrogen-bond donors (Lipinski definition) is 1. The molecule has 0 aromatic carbocycles. The Morgan fingerprint density at radius 2 is 1.80 bits per heavy atom. The summed E-state index contributed by atoms with van der Waals surface area (Å²) in [6.07, 6.45) is 6.62. The summed E-state index contributed by atoms with van der Waals surface area (Å²) >= 11 is 0. The number of allylic oxidation sites excluding steroid dienone is 5. The van der Waals surface area contributed by atoms with Crippen molar-refractivity contribution in [3.63, 3.8) is 0 Å². The number of rotatable bonds is 3. The lowest BCUT2D eigenvalue weighted by atomic mass is 10.2. The van der Waals surface area contributed by atoms with Gasteiger partial charge in [-0.05, 0) is 45.8 Å². The van der Waals surface area contributed by atoms with Gasteiger partial charge in [0.1, 0.15) is 0 Å². The van der Waals surface area contributed by atoms with Crippen molar-refractivity contribution in [1.82, 2.24) is 0 Å². The second-order valence-electron chi connectivity index (χ2n) is 3.83. The zero-order chi connectivity index (χ0) is 11.7. The standard InChI is InChI=1S/C14H20O/c1-12(2)8-9-13(3)6-5-7-14(4)10-11-15/h7-9,15H,10-11H2,1-4H3/b13-9+,14-7-. The number of aliphatic hydroxyl groups excluding tert-OH is 1. The van der Waals surface area contributed by atoms with Gasteiger partial charge in [-0.1, -0.05) is 35.1 Å². The second-order valence-corrected chi connectivity index (χ2v) is 3.83. The second kappa shape index (κ2) is 8.08. The lowest BCUT2D eigenvalue weighted by Crippen LogP contribution is -1.82. The van der Waals surface area contributed by atoms with Crippen molar-refractivity contribution < 1.29 is 5.11 Å². The average Bonchev–Trinajstić information content (AvgIpc) is 2.15. The Labute approximate surface area is 93.2 Å². The summed E-state index contributed by atoms with van der Waals surface area (Å²) in [6.45, 7) is 8.27. The van der Waals surface area contributed by atoms with E-state index in [0.717, 1.165) is 11.1 Å². The molecular formula is C14H20O. The molecule has 0 rings (SSSR count). The molecule has 0 aromatic rings. The predicted molar refractivity (Wildman–Crippen MR) is 66.4 cm³/mol. The van der Waals surface area contributed by atoms with Crippen molar-refractivity contribution in [3.8, 4) is 11.8 Å². The van der Waals surface area contributed by atoms with E-state index in [1.54, 1.807) is 0 Å². The third-order valence-corrected chi connectivity index (χ3v) is 1.76. The first-order chi connectivity index (χ1) is 7.06. The van der Waals surface area contributed by atoms with Gasteiger partial charge >= 0.3 is 0 Å². The van der Waals surface area contributed by atoms with E-state index in [0.29, 0.717) is 6.42 Å². The third kappa shape index (κ3) is 9.05. The van der Waals surface area contributed by atoms with Crippen LogP contribution >= 0.6 is 0 Å². The first-order valence-electron chi connectivity index (χ1n) is 5.16. The quantitative estimate of drug-likeness (QED) is 0.553.